The largest absolute Gasteiger partial charge is 0.416 e. The topological polar surface area (TPSA) is 58.1 Å². The average Bonchev–Trinajstić information content (AvgIpc) is 3.49. The van der Waals surface area contributed by atoms with E-state index in [9.17, 15) is 18.0 Å². The molecule has 0 radical (unpaired) electrons. The Bertz CT molecular complexity index is 1100. The van der Waals surface area contributed by atoms with Crippen LogP contribution in [0, 0.1) is 6.92 Å². The first-order valence-electron chi connectivity index (χ1n) is 10.4. The minimum absolute atomic E-state index is 0.340. The van der Waals surface area contributed by atoms with E-state index in [-0.39, 0.29) is 5.91 Å². The minimum atomic E-state index is -4.41. The molecule has 1 saturated heterocycles. The van der Waals surface area contributed by atoms with Crippen LogP contribution >= 0.6 is 22.9 Å². The van der Waals surface area contributed by atoms with Gasteiger partial charge in [0, 0.05) is 33.7 Å². The Morgan fingerprint density at radius 2 is 2.00 bits per heavy atom. The fraction of sp³-hybridized carbons (Fsp3) is 0.409. The van der Waals surface area contributed by atoms with Crippen molar-refractivity contribution in [3.05, 3.63) is 52.2 Å². The summed E-state index contributed by atoms with van der Waals surface area (Å²) < 4.78 is 43.5. The molecule has 3 heterocycles. The molecule has 32 heavy (non-hydrogen) atoms. The summed E-state index contributed by atoms with van der Waals surface area (Å²) in [5.41, 5.74) is 0.141. The second kappa shape index (κ2) is 9.29. The lowest BCUT2D eigenvalue weighted by atomic mass is 10.1. The number of hydrogen-bond donors (Lipinski definition) is 1. The molecule has 0 saturated carbocycles. The third-order valence-corrected chi connectivity index (χ3v) is 7.34. The number of likely N-dealkylation sites (tertiary alicyclic amines) is 1. The van der Waals surface area contributed by atoms with Gasteiger partial charge in [-0.2, -0.15) is 17.5 Å². The van der Waals surface area contributed by atoms with Gasteiger partial charge in [0.15, 0.2) is 0 Å². The summed E-state index contributed by atoms with van der Waals surface area (Å²) in [7, 11) is 0. The number of aryl methyl sites for hydroxylation is 1. The van der Waals surface area contributed by atoms with Gasteiger partial charge in [0.05, 0.1) is 11.1 Å². The van der Waals surface area contributed by atoms with E-state index < -0.39 is 11.7 Å². The highest BCUT2D eigenvalue weighted by atomic mass is 32.1. The Morgan fingerprint density at radius 1 is 1.25 bits per heavy atom. The first-order valence-corrected chi connectivity index (χ1v) is 12.0. The molecule has 10 heteroatoms. The molecular formula is C22H23F3N4OS2. The van der Waals surface area contributed by atoms with E-state index in [2.05, 4.69) is 26.5 Å². The Balaban J connectivity index is 1.45. The number of hydrogen-bond acceptors (Lipinski definition) is 6. The first-order chi connectivity index (χ1) is 15.2. The third kappa shape index (κ3) is 5.19. The normalized spacial score (nSPS) is 15.8. The van der Waals surface area contributed by atoms with Crippen molar-refractivity contribution >= 4 is 33.9 Å². The number of amides is 1. The number of anilines is 1. The molecule has 3 aromatic rings. The Hall–Kier alpha value is -2.30. The standard InChI is InChI=1S/C22H23F3N4OS2/c1-13(29-8-3-4-9-29)10-19-26-21(32-28-19)27-20(30)17-12-18(31-14(17)2)15-6-5-7-16(11-15)22(23,24)25/h5-7,11-13H,3-4,8-10H2,1-2H3,(H,26,27,28,30). The minimum Gasteiger partial charge on any atom is -0.300 e. The van der Waals surface area contributed by atoms with Crippen molar-refractivity contribution in [2.24, 2.45) is 0 Å². The van der Waals surface area contributed by atoms with Crippen LogP contribution in [0.5, 0.6) is 0 Å². The van der Waals surface area contributed by atoms with Gasteiger partial charge in [0.25, 0.3) is 5.91 Å². The molecule has 0 bridgehead atoms. The number of nitrogens with one attached hydrogen (secondary N) is 1. The first kappa shape index (κ1) is 22.9. The number of thiophene rings is 1. The van der Waals surface area contributed by atoms with Gasteiger partial charge < -0.3 is 4.90 Å². The summed E-state index contributed by atoms with van der Waals surface area (Å²) in [6, 6.07) is 7.10. The predicted octanol–water partition coefficient (Wildman–Crippen LogP) is 5.87. The fourth-order valence-corrected chi connectivity index (χ4v) is 5.43. The van der Waals surface area contributed by atoms with Crippen molar-refractivity contribution in [3.8, 4) is 10.4 Å². The van der Waals surface area contributed by atoms with Gasteiger partial charge in [-0.1, -0.05) is 12.1 Å². The van der Waals surface area contributed by atoms with E-state index in [1.165, 1.54) is 30.2 Å². The molecule has 1 aliphatic heterocycles. The summed E-state index contributed by atoms with van der Waals surface area (Å²) in [6.07, 6.45) is -1.24. The van der Waals surface area contributed by atoms with E-state index >= 15 is 0 Å². The molecule has 1 aromatic carbocycles. The van der Waals surface area contributed by atoms with Crippen LogP contribution in [0.15, 0.2) is 30.3 Å². The number of rotatable bonds is 6. The van der Waals surface area contributed by atoms with Crippen LogP contribution < -0.4 is 5.32 Å². The van der Waals surface area contributed by atoms with Crippen LogP contribution in [0.4, 0.5) is 18.3 Å². The zero-order valence-corrected chi connectivity index (χ0v) is 19.3. The van der Waals surface area contributed by atoms with Crippen molar-refractivity contribution in [1.29, 1.82) is 0 Å². The zero-order valence-electron chi connectivity index (χ0n) is 17.7. The molecule has 1 N–H and O–H groups in total. The zero-order chi connectivity index (χ0) is 22.9. The SMILES string of the molecule is Cc1sc(-c2cccc(C(F)(F)F)c2)cc1C(=O)Nc1nc(CC(C)N2CCCC2)ns1. The molecule has 170 valence electrons. The second-order valence-corrected chi connectivity index (χ2v) is 9.93. The maximum absolute atomic E-state index is 13.0. The molecule has 0 aliphatic carbocycles. The van der Waals surface area contributed by atoms with Crippen LogP contribution in [0.1, 0.15) is 46.4 Å². The van der Waals surface area contributed by atoms with Crippen LogP contribution in [0.3, 0.4) is 0 Å². The highest BCUT2D eigenvalue weighted by Crippen LogP contribution is 2.36. The van der Waals surface area contributed by atoms with Crippen LogP contribution in [0.25, 0.3) is 10.4 Å². The Kier molecular flexibility index (Phi) is 6.64. The van der Waals surface area contributed by atoms with Crippen molar-refractivity contribution in [3.63, 3.8) is 0 Å². The van der Waals surface area contributed by atoms with Crippen LogP contribution in [-0.4, -0.2) is 39.3 Å². The number of aromatic nitrogens is 2. The number of alkyl halides is 3. The molecule has 0 spiro atoms. The van der Waals surface area contributed by atoms with E-state index in [1.807, 2.05) is 0 Å². The molecule has 1 amide bonds. The number of halogens is 3. The lowest BCUT2D eigenvalue weighted by Crippen LogP contribution is -2.32. The Morgan fingerprint density at radius 3 is 2.72 bits per heavy atom. The highest BCUT2D eigenvalue weighted by molar-refractivity contribution is 7.15. The maximum Gasteiger partial charge on any atom is 0.416 e. The van der Waals surface area contributed by atoms with Crippen LogP contribution in [0.2, 0.25) is 0 Å². The molecular weight excluding hydrogens is 457 g/mol. The summed E-state index contributed by atoms with van der Waals surface area (Å²) in [6.45, 7) is 6.13. The van der Waals surface area contributed by atoms with Crippen molar-refractivity contribution in [2.45, 2.75) is 45.3 Å². The smallest absolute Gasteiger partial charge is 0.300 e. The highest BCUT2D eigenvalue weighted by Gasteiger charge is 2.30. The van der Waals surface area contributed by atoms with Gasteiger partial charge in [-0.25, -0.2) is 4.98 Å². The van der Waals surface area contributed by atoms with E-state index in [1.54, 1.807) is 19.1 Å². The van der Waals surface area contributed by atoms with Crippen molar-refractivity contribution < 1.29 is 18.0 Å². The number of carbonyl (C=O) groups excluding carboxylic acids is 1. The van der Waals surface area contributed by atoms with Crippen molar-refractivity contribution in [2.75, 3.05) is 18.4 Å². The van der Waals surface area contributed by atoms with Gasteiger partial charge in [-0.3, -0.25) is 10.1 Å². The van der Waals surface area contributed by atoms with E-state index in [4.69, 9.17) is 0 Å². The number of benzene rings is 1. The van der Waals surface area contributed by atoms with Crippen LogP contribution in [-0.2, 0) is 12.6 Å². The molecule has 4 rings (SSSR count). The molecule has 1 atom stereocenters. The lowest BCUT2D eigenvalue weighted by molar-refractivity contribution is -0.137. The molecule has 1 aliphatic rings. The second-order valence-electron chi connectivity index (χ2n) is 7.93. The predicted molar refractivity (Wildman–Crippen MR) is 121 cm³/mol. The summed E-state index contributed by atoms with van der Waals surface area (Å²) in [5, 5.41) is 3.20. The molecule has 5 nitrogen and oxygen atoms in total. The Labute approximate surface area is 192 Å². The third-order valence-electron chi connectivity index (χ3n) is 5.57. The van der Waals surface area contributed by atoms with E-state index in [0.717, 1.165) is 48.1 Å². The van der Waals surface area contributed by atoms with Gasteiger partial charge in [-0.05, 0) is 63.5 Å². The summed E-state index contributed by atoms with van der Waals surface area (Å²) in [5.74, 6) is 0.365. The number of nitrogens with zero attached hydrogens (tertiary/aromatic N) is 3. The maximum atomic E-state index is 13.0. The van der Waals surface area contributed by atoms with Gasteiger partial charge in [0.1, 0.15) is 5.82 Å². The quantitative estimate of drug-likeness (QED) is 0.479. The van der Waals surface area contributed by atoms with E-state index in [0.29, 0.717) is 33.0 Å². The summed E-state index contributed by atoms with van der Waals surface area (Å²) in [4.78, 5) is 21.0. The lowest BCUT2D eigenvalue weighted by Gasteiger charge is -2.22. The van der Waals surface area contributed by atoms with Gasteiger partial charge in [0.2, 0.25) is 5.13 Å². The molecule has 1 unspecified atom stereocenters. The number of carbonyl (C=O) groups is 1. The van der Waals surface area contributed by atoms with Crippen molar-refractivity contribution in [1.82, 2.24) is 14.3 Å². The van der Waals surface area contributed by atoms with Gasteiger partial charge in [-0.15, -0.1) is 11.3 Å². The summed E-state index contributed by atoms with van der Waals surface area (Å²) >= 11 is 2.42. The fourth-order valence-electron chi connectivity index (χ4n) is 3.83. The molecule has 1 fully saturated rings. The monoisotopic (exact) mass is 480 g/mol. The molecule has 2 aromatic heterocycles. The average molecular weight is 481 g/mol. The van der Waals surface area contributed by atoms with Gasteiger partial charge >= 0.3 is 6.18 Å².